The van der Waals surface area contributed by atoms with Crippen molar-refractivity contribution in [3.05, 3.63) is 36.4 Å². The lowest BCUT2D eigenvalue weighted by atomic mass is 10.2. The van der Waals surface area contributed by atoms with Crippen molar-refractivity contribution < 1.29 is 0 Å². The predicted molar refractivity (Wildman–Crippen MR) is 51.2 cm³/mol. The molecule has 13 heavy (non-hydrogen) atoms. The zero-order valence-corrected chi connectivity index (χ0v) is 7.73. The van der Waals surface area contributed by atoms with Gasteiger partial charge in [0.1, 0.15) is 5.82 Å². The highest BCUT2D eigenvalue weighted by molar-refractivity contribution is 5.53. The van der Waals surface area contributed by atoms with Crippen molar-refractivity contribution in [2.75, 3.05) is 0 Å². The summed E-state index contributed by atoms with van der Waals surface area (Å²) < 4.78 is 1.98. The van der Waals surface area contributed by atoms with Crippen molar-refractivity contribution in [3.8, 4) is 11.4 Å². The van der Waals surface area contributed by atoms with Crippen molar-refractivity contribution in [2.24, 2.45) is 7.05 Å². The van der Waals surface area contributed by atoms with Gasteiger partial charge in [-0.05, 0) is 19.1 Å². The third-order valence-corrected chi connectivity index (χ3v) is 1.99. The van der Waals surface area contributed by atoms with Crippen LogP contribution in [0.1, 0.15) is 5.69 Å². The molecule has 0 radical (unpaired) electrons. The predicted octanol–water partition coefficient (Wildman–Crippen LogP) is 1.79. The van der Waals surface area contributed by atoms with E-state index in [0.717, 1.165) is 17.1 Å². The highest BCUT2D eigenvalue weighted by Crippen LogP contribution is 2.14. The van der Waals surface area contributed by atoms with Crippen molar-refractivity contribution in [2.45, 2.75) is 6.92 Å². The van der Waals surface area contributed by atoms with E-state index in [0.29, 0.717) is 0 Å². The molecule has 0 aromatic carbocycles. The fourth-order valence-corrected chi connectivity index (χ4v) is 1.24. The summed E-state index contributed by atoms with van der Waals surface area (Å²) in [5.74, 6) is 0.951. The lowest BCUT2D eigenvalue weighted by Gasteiger charge is -2.00. The number of imidazole rings is 1. The Labute approximate surface area is 77.1 Å². The molecule has 0 N–H and O–H groups in total. The van der Waals surface area contributed by atoms with E-state index in [-0.39, 0.29) is 0 Å². The van der Waals surface area contributed by atoms with Crippen LogP contribution in [0.3, 0.4) is 0 Å². The monoisotopic (exact) mass is 173 g/mol. The number of aromatic nitrogens is 3. The summed E-state index contributed by atoms with van der Waals surface area (Å²) in [4.78, 5) is 8.46. The van der Waals surface area contributed by atoms with Crippen molar-refractivity contribution in [3.63, 3.8) is 0 Å². The summed E-state index contributed by atoms with van der Waals surface area (Å²) in [5.41, 5.74) is 2.08. The lowest BCUT2D eigenvalue weighted by Crippen LogP contribution is -1.92. The molecule has 2 heterocycles. The van der Waals surface area contributed by atoms with Gasteiger partial charge in [-0.15, -0.1) is 0 Å². The highest BCUT2D eigenvalue weighted by atomic mass is 15.0. The van der Waals surface area contributed by atoms with Gasteiger partial charge in [0.15, 0.2) is 0 Å². The van der Waals surface area contributed by atoms with E-state index in [4.69, 9.17) is 0 Å². The zero-order valence-electron chi connectivity index (χ0n) is 7.73. The molecule has 3 nitrogen and oxygen atoms in total. The summed E-state index contributed by atoms with van der Waals surface area (Å²) in [6.07, 6.45) is 5.56. The van der Waals surface area contributed by atoms with Crippen LogP contribution in [0, 0.1) is 6.92 Å². The second-order valence-electron chi connectivity index (χ2n) is 3.05. The minimum Gasteiger partial charge on any atom is -0.334 e. The van der Waals surface area contributed by atoms with E-state index in [9.17, 15) is 0 Å². The van der Waals surface area contributed by atoms with E-state index in [1.165, 1.54) is 0 Å². The Kier molecular flexibility index (Phi) is 1.85. The standard InChI is InChI=1S/C10H11N3/c1-8-3-4-9(7-12-8)10-11-5-6-13(10)2/h3-7H,1-2H3. The molecule has 0 saturated heterocycles. The number of rotatable bonds is 1. The summed E-state index contributed by atoms with van der Waals surface area (Å²) in [6, 6.07) is 4.02. The second-order valence-corrected chi connectivity index (χ2v) is 3.05. The number of pyridine rings is 1. The first-order chi connectivity index (χ1) is 6.27. The maximum absolute atomic E-state index is 4.24. The molecule has 0 aliphatic heterocycles. The van der Waals surface area contributed by atoms with Crippen LogP contribution in [0.5, 0.6) is 0 Å². The quantitative estimate of drug-likeness (QED) is 0.658. The van der Waals surface area contributed by atoms with Crippen molar-refractivity contribution in [1.82, 2.24) is 14.5 Å². The third kappa shape index (κ3) is 1.45. The van der Waals surface area contributed by atoms with Gasteiger partial charge in [0.25, 0.3) is 0 Å². The summed E-state index contributed by atoms with van der Waals surface area (Å²) in [6.45, 7) is 1.97. The molecule has 0 fully saturated rings. The Morgan fingerprint density at radius 2 is 2.08 bits per heavy atom. The fraction of sp³-hybridized carbons (Fsp3) is 0.200. The Bertz CT molecular complexity index is 400. The third-order valence-electron chi connectivity index (χ3n) is 1.99. The number of aryl methyl sites for hydroxylation is 2. The molecular weight excluding hydrogens is 162 g/mol. The minimum atomic E-state index is 0.951. The van der Waals surface area contributed by atoms with Gasteiger partial charge in [-0.2, -0.15) is 0 Å². The van der Waals surface area contributed by atoms with Crippen LogP contribution in [0.4, 0.5) is 0 Å². The average molecular weight is 173 g/mol. The molecule has 0 aliphatic rings. The lowest BCUT2D eigenvalue weighted by molar-refractivity contribution is 0.923. The van der Waals surface area contributed by atoms with Gasteiger partial charge in [0.2, 0.25) is 0 Å². The molecule has 0 unspecified atom stereocenters. The van der Waals surface area contributed by atoms with Crippen molar-refractivity contribution >= 4 is 0 Å². The first-order valence-corrected chi connectivity index (χ1v) is 4.18. The Morgan fingerprint density at radius 1 is 1.23 bits per heavy atom. The molecule has 2 aromatic heterocycles. The average Bonchev–Trinajstić information content (AvgIpc) is 2.53. The fourth-order valence-electron chi connectivity index (χ4n) is 1.24. The van der Waals surface area contributed by atoms with Gasteiger partial charge >= 0.3 is 0 Å². The normalized spacial score (nSPS) is 10.3. The number of nitrogens with zero attached hydrogens (tertiary/aromatic N) is 3. The molecule has 2 aromatic rings. The molecule has 2 rings (SSSR count). The van der Waals surface area contributed by atoms with E-state index >= 15 is 0 Å². The molecule has 0 spiro atoms. The minimum absolute atomic E-state index is 0.951. The molecular formula is C10H11N3. The zero-order chi connectivity index (χ0) is 9.26. The molecule has 0 aliphatic carbocycles. The summed E-state index contributed by atoms with van der Waals surface area (Å²) in [7, 11) is 1.97. The maximum Gasteiger partial charge on any atom is 0.141 e. The van der Waals surface area contributed by atoms with Crippen LogP contribution in [-0.4, -0.2) is 14.5 Å². The van der Waals surface area contributed by atoms with Crippen LogP contribution < -0.4 is 0 Å². The molecule has 0 bridgehead atoms. The van der Waals surface area contributed by atoms with Gasteiger partial charge in [-0.25, -0.2) is 4.98 Å². The van der Waals surface area contributed by atoms with E-state index in [2.05, 4.69) is 9.97 Å². The molecule has 3 heteroatoms. The molecule has 0 atom stereocenters. The number of hydrogen-bond donors (Lipinski definition) is 0. The second kappa shape index (κ2) is 3.01. The highest BCUT2D eigenvalue weighted by Gasteiger charge is 2.01. The largest absolute Gasteiger partial charge is 0.334 e. The van der Waals surface area contributed by atoms with Gasteiger partial charge in [-0.3, -0.25) is 4.98 Å². The van der Waals surface area contributed by atoms with Crippen LogP contribution in [0.15, 0.2) is 30.7 Å². The Morgan fingerprint density at radius 3 is 2.62 bits per heavy atom. The van der Waals surface area contributed by atoms with E-state index in [1.807, 2.05) is 43.1 Å². The molecule has 0 saturated carbocycles. The van der Waals surface area contributed by atoms with Crippen LogP contribution in [0.25, 0.3) is 11.4 Å². The van der Waals surface area contributed by atoms with E-state index in [1.54, 1.807) is 6.20 Å². The SMILES string of the molecule is Cc1ccc(-c2nccn2C)cn1. The number of hydrogen-bond acceptors (Lipinski definition) is 2. The Balaban J connectivity index is 2.47. The first kappa shape index (κ1) is 7.98. The van der Waals surface area contributed by atoms with E-state index < -0.39 is 0 Å². The smallest absolute Gasteiger partial charge is 0.141 e. The van der Waals surface area contributed by atoms with Crippen LogP contribution in [-0.2, 0) is 7.05 Å². The summed E-state index contributed by atoms with van der Waals surface area (Å²) in [5, 5.41) is 0. The van der Waals surface area contributed by atoms with Gasteiger partial charge in [0, 0.05) is 36.9 Å². The maximum atomic E-state index is 4.24. The topological polar surface area (TPSA) is 30.7 Å². The summed E-state index contributed by atoms with van der Waals surface area (Å²) >= 11 is 0. The van der Waals surface area contributed by atoms with Gasteiger partial charge in [-0.1, -0.05) is 0 Å². The van der Waals surface area contributed by atoms with Crippen molar-refractivity contribution in [1.29, 1.82) is 0 Å². The first-order valence-electron chi connectivity index (χ1n) is 4.18. The molecule has 0 amide bonds. The van der Waals surface area contributed by atoms with Gasteiger partial charge < -0.3 is 4.57 Å². The van der Waals surface area contributed by atoms with Gasteiger partial charge in [0.05, 0.1) is 0 Å². The molecule has 66 valence electrons. The van der Waals surface area contributed by atoms with Crippen LogP contribution >= 0.6 is 0 Å². The van der Waals surface area contributed by atoms with Crippen LogP contribution in [0.2, 0.25) is 0 Å². The Hall–Kier alpha value is -1.64.